The average molecular weight is 368 g/mol. The number of rotatable bonds is 6. The summed E-state index contributed by atoms with van der Waals surface area (Å²) in [5.74, 6) is 0.805. The minimum absolute atomic E-state index is 0.155. The van der Waals surface area contributed by atoms with Gasteiger partial charge in [-0.05, 0) is 45.2 Å². The molecule has 5 heteroatoms. The minimum atomic E-state index is -0.373. The molecule has 0 aliphatic carbocycles. The third-order valence-corrected chi connectivity index (χ3v) is 4.79. The van der Waals surface area contributed by atoms with Gasteiger partial charge in [0.15, 0.2) is 12.5 Å². The quantitative estimate of drug-likeness (QED) is 0.521. The summed E-state index contributed by atoms with van der Waals surface area (Å²) in [5, 5.41) is 0. The van der Waals surface area contributed by atoms with E-state index in [1.54, 1.807) is 0 Å². The predicted molar refractivity (Wildman–Crippen MR) is 107 cm³/mol. The number of aryl methyl sites for hydroxylation is 4. The van der Waals surface area contributed by atoms with Crippen LogP contribution in [-0.4, -0.2) is 24.3 Å². The van der Waals surface area contributed by atoms with Crippen LogP contribution in [0.5, 0.6) is 5.75 Å². The van der Waals surface area contributed by atoms with E-state index in [-0.39, 0.29) is 12.7 Å². The summed E-state index contributed by atoms with van der Waals surface area (Å²) in [5.41, 5.74) is 5.74. The molecule has 1 aliphatic heterocycles. The maximum Gasteiger partial charge on any atom is 0.347 e. The molecular formula is C22H28N2O3. The standard InChI is InChI=1S/C22H28N2O3/c1-6-7-8-9-26-18-12-17(5)23-21-19(18)22(25)27-13-24(21)20-15(3)10-14(2)11-16(20)4/h10-12H,6-9,13H2,1-5H3. The van der Waals surface area contributed by atoms with Crippen molar-refractivity contribution in [1.29, 1.82) is 0 Å². The second-order valence-electron chi connectivity index (χ2n) is 7.25. The van der Waals surface area contributed by atoms with E-state index in [1.165, 1.54) is 5.56 Å². The van der Waals surface area contributed by atoms with Crippen molar-refractivity contribution in [2.24, 2.45) is 0 Å². The number of fused-ring (bicyclic) bond motifs is 1. The SMILES string of the molecule is CCCCCOc1cc(C)nc2c1C(=O)OCN2c1c(C)cc(C)cc1C. The summed E-state index contributed by atoms with van der Waals surface area (Å²) in [6, 6.07) is 6.09. The van der Waals surface area contributed by atoms with Crippen LogP contribution in [0.15, 0.2) is 18.2 Å². The van der Waals surface area contributed by atoms with Gasteiger partial charge in [-0.1, -0.05) is 37.5 Å². The van der Waals surface area contributed by atoms with Crippen LogP contribution in [0, 0.1) is 27.7 Å². The van der Waals surface area contributed by atoms with Crippen LogP contribution in [0.1, 0.15) is 58.9 Å². The smallest absolute Gasteiger partial charge is 0.347 e. The number of hydrogen-bond acceptors (Lipinski definition) is 5. The minimum Gasteiger partial charge on any atom is -0.492 e. The largest absolute Gasteiger partial charge is 0.492 e. The number of benzene rings is 1. The number of cyclic esters (lactones) is 1. The van der Waals surface area contributed by atoms with Gasteiger partial charge in [-0.25, -0.2) is 9.78 Å². The van der Waals surface area contributed by atoms with Gasteiger partial charge in [0.2, 0.25) is 0 Å². The van der Waals surface area contributed by atoms with Crippen molar-refractivity contribution in [1.82, 2.24) is 4.98 Å². The second kappa shape index (κ2) is 7.99. The number of carbonyl (C=O) groups excluding carboxylic acids is 1. The van der Waals surface area contributed by atoms with Gasteiger partial charge < -0.3 is 9.47 Å². The van der Waals surface area contributed by atoms with Crippen molar-refractivity contribution in [2.75, 3.05) is 18.2 Å². The molecule has 1 aliphatic rings. The van der Waals surface area contributed by atoms with Crippen LogP contribution in [0.2, 0.25) is 0 Å². The Kier molecular flexibility index (Phi) is 5.68. The van der Waals surface area contributed by atoms with Gasteiger partial charge in [0.1, 0.15) is 11.3 Å². The fourth-order valence-electron chi connectivity index (χ4n) is 3.69. The molecule has 1 aromatic carbocycles. The van der Waals surface area contributed by atoms with E-state index in [0.29, 0.717) is 23.7 Å². The monoisotopic (exact) mass is 368 g/mol. The van der Waals surface area contributed by atoms with E-state index in [9.17, 15) is 4.79 Å². The molecule has 0 fully saturated rings. The lowest BCUT2D eigenvalue weighted by Gasteiger charge is -2.32. The van der Waals surface area contributed by atoms with Crippen LogP contribution >= 0.6 is 0 Å². The molecule has 0 saturated carbocycles. The van der Waals surface area contributed by atoms with Crippen LogP contribution in [0.4, 0.5) is 11.5 Å². The first-order valence-corrected chi connectivity index (χ1v) is 9.59. The Morgan fingerprint density at radius 2 is 1.81 bits per heavy atom. The maximum absolute atomic E-state index is 12.5. The van der Waals surface area contributed by atoms with Gasteiger partial charge in [-0.15, -0.1) is 0 Å². The van der Waals surface area contributed by atoms with Gasteiger partial charge in [-0.2, -0.15) is 0 Å². The molecule has 144 valence electrons. The topological polar surface area (TPSA) is 51.7 Å². The second-order valence-corrected chi connectivity index (χ2v) is 7.25. The van der Waals surface area contributed by atoms with Gasteiger partial charge in [-0.3, -0.25) is 4.90 Å². The highest BCUT2D eigenvalue weighted by molar-refractivity contribution is 6.00. The van der Waals surface area contributed by atoms with Gasteiger partial charge in [0.05, 0.1) is 12.3 Å². The highest BCUT2D eigenvalue weighted by Crippen LogP contribution is 2.39. The lowest BCUT2D eigenvalue weighted by atomic mass is 10.0. The molecule has 0 radical (unpaired) electrons. The van der Waals surface area contributed by atoms with E-state index >= 15 is 0 Å². The first-order valence-electron chi connectivity index (χ1n) is 9.59. The normalized spacial score (nSPS) is 13.4. The number of esters is 1. The first-order chi connectivity index (χ1) is 12.9. The zero-order chi connectivity index (χ0) is 19.6. The van der Waals surface area contributed by atoms with Crippen molar-refractivity contribution in [3.8, 4) is 5.75 Å². The Labute approximate surface area is 161 Å². The Morgan fingerprint density at radius 1 is 1.11 bits per heavy atom. The number of anilines is 2. The molecule has 3 rings (SSSR count). The number of nitrogens with zero attached hydrogens (tertiary/aromatic N) is 2. The summed E-state index contributed by atoms with van der Waals surface area (Å²) < 4.78 is 11.4. The number of pyridine rings is 1. The third-order valence-electron chi connectivity index (χ3n) is 4.79. The molecule has 0 spiro atoms. The molecule has 27 heavy (non-hydrogen) atoms. The molecule has 5 nitrogen and oxygen atoms in total. The summed E-state index contributed by atoms with van der Waals surface area (Å²) in [6.45, 7) is 11.0. The van der Waals surface area contributed by atoms with Crippen molar-refractivity contribution >= 4 is 17.5 Å². The van der Waals surface area contributed by atoms with E-state index in [4.69, 9.17) is 9.47 Å². The predicted octanol–water partition coefficient (Wildman–Crippen LogP) is 5.15. The zero-order valence-electron chi connectivity index (χ0n) is 16.9. The highest BCUT2D eigenvalue weighted by Gasteiger charge is 2.32. The number of carbonyl (C=O) groups is 1. The maximum atomic E-state index is 12.5. The lowest BCUT2D eigenvalue weighted by Crippen LogP contribution is -2.33. The number of aromatic nitrogens is 1. The van der Waals surface area contributed by atoms with E-state index in [1.807, 2.05) is 17.9 Å². The number of hydrogen-bond donors (Lipinski definition) is 0. The first kappa shape index (κ1) is 19.2. The molecule has 0 saturated heterocycles. The van der Waals surface area contributed by atoms with Crippen molar-refractivity contribution < 1.29 is 14.3 Å². The average Bonchev–Trinajstić information content (AvgIpc) is 2.59. The van der Waals surface area contributed by atoms with Gasteiger partial charge >= 0.3 is 5.97 Å². The molecule has 0 amide bonds. The summed E-state index contributed by atoms with van der Waals surface area (Å²) in [6.07, 6.45) is 3.19. The van der Waals surface area contributed by atoms with Crippen LogP contribution in [0.25, 0.3) is 0 Å². The molecular weight excluding hydrogens is 340 g/mol. The number of ether oxygens (including phenoxy) is 2. The molecule has 2 heterocycles. The Hall–Kier alpha value is -2.56. The van der Waals surface area contributed by atoms with E-state index < -0.39 is 0 Å². The Bertz CT molecular complexity index is 838. The van der Waals surface area contributed by atoms with Crippen molar-refractivity contribution in [3.63, 3.8) is 0 Å². The Balaban J connectivity index is 2.05. The zero-order valence-corrected chi connectivity index (χ0v) is 16.9. The molecule has 2 aromatic rings. The molecule has 0 N–H and O–H groups in total. The number of unbranched alkanes of at least 4 members (excludes halogenated alkanes) is 2. The summed E-state index contributed by atoms with van der Waals surface area (Å²) >= 11 is 0. The van der Waals surface area contributed by atoms with E-state index in [0.717, 1.165) is 41.8 Å². The molecule has 0 atom stereocenters. The summed E-state index contributed by atoms with van der Waals surface area (Å²) in [4.78, 5) is 19.2. The van der Waals surface area contributed by atoms with Crippen LogP contribution in [0.3, 0.4) is 0 Å². The lowest BCUT2D eigenvalue weighted by molar-refractivity contribution is 0.0486. The van der Waals surface area contributed by atoms with Crippen LogP contribution < -0.4 is 9.64 Å². The molecule has 0 bridgehead atoms. The highest BCUT2D eigenvalue weighted by atomic mass is 16.5. The molecule has 1 aromatic heterocycles. The van der Waals surface area contributed by atoms with E-state index in [2.05, 4.69) is 44.8 Å². The van der Waals surface area contributed by atoms with Crippen molar-refractivity contribution in [2.45, 2.75) is 53.9 Å². The van der Waals surface area contributed by atoms with Crippen molar-refractivity contribution in [3.05, 3.63) is 46.1 Å². The Morgan fingerprint density at radius 3 is 2.48 bits per heavy atom. The fraction of sp³-hybridized carbons (Fsp3) is 0.455. The van der Waals surface area contributed by atoms with Crippen LogP contribution in [-0.2, 0) is 4.74 Å². The molecule has 0 unspecified atom stereocenters. The van der Waals surface area contributed by atoms with Gasteiger partial charge in [0.25, 0.3) is 0 Å². The van der Waals surface area contributed by atoms with Gasteiger partial charge in [0, 0.05) is 11.8 Å². The fourth-order valence-corrected chi connectivity index (χ4v) is 3.69. The third kappa shape index (κ3) is 3.92. The summed E-state index contributed by atoms with van der Waals surface area (Å²) in [7, 11) is 0.